The highest BCUT2D eigenvalue weighted by Crippen LogP contribution is 2.31. The average molecular weight is 305 g/mol. The summed E-state index contributed by atoms with van der Waals surface area (Å²) in [5, 5.41) is 10.1. The molecule has 1 unspecified atom stereocenters. The quantitative estimate of drug-likeness (QED) is 0.813. The Morgan fingerprint density at radius 3 is 2.29 bits per heavy atom. The van der Waals surface area contributed by atoms with Crippen molar-refractivity contribution in [2.24, 2.45) is 0 Å². The fraction of sp³-hybridized carbons (Fsp3) is 0.333. The van der Waals surface area contributed by atoms with Crippen molar-refractivity contribution >= 4 is 11.6 Å². The minimum atomic E-state index is -0.587. The Bertz CT molecular complexity index is 627. The Morgan fingerprint density at radius 1 is 1.05 bits per heavy atom. The predicted octanol–water partition coefficient (Wildman–Crippen LogP) is 5.48. The third-order valence-corrected chi connectivity index (χ3v) is 3.69. The van der Waals surface area contributed by atoms with Crippen LogP contribution in [0.2, 0.25) is 5.02 Å². The van der Waals surface area contributed by atoms with Crippen LogP contribution >= 0.6 is 11.6 Å². The van der Waals surface area contributed by atoms with Gasteiger partial charge in [-0.1, -0.05) is 50.6 Å². The summed E-state index contributed by atoms with van der Waals surface area (Å²) < 4.78 is 5.86. The van der Waals surface area contributed by atoms with Gasteiger partial charge in [0.05, 0.1) is 11.1 Å². The van der Waals surface area contributed by atoms with Gasteiger partial charge in [0.2, 0.25) is 0 Å². The van der Waals surface area contributed by atoms with Gasteiger partial charge in [0.1, 0.15) is 11.5 Å². The smallest absolute Gasteiger partial charge is 0.128 e. The van der Waals surface area contributed by atoms with Gasteiger partial charge < -0.3 is 9.84 Å². The molecule has 0 heterocycles. The van der Waals surface area contributed by atoms with E-state index in [4.69, 9.17) is 16.3 Å². The summed E-state index contributed by atoms with van der Waals surface area (Å²) in [7, 11) is 0. The van der Waals surface area contributed by atoms with Crippen LogP contribution in [0.3, 0.4) is 0 Å². The average Bonchev–Trinajstić information content (AvgIpc) is 2.37. The van der Waals surface area contributed by atoms with Gasteiger partial charge in [-0.2, -0.15) is 0 Å². The fourth-order valence-electron chi connectivity index (χ4n) is 2.07. The summed E-state index contributed by atoms with van der Waals surface area (Å²) in [5.74, 6) is 1.44. The summed E-state index contributed by atoms with van der Waals surface area (Å²) in [4.78, 5) is 0. The third kappa shape index (κ3) is 3.99. The maximum absolute atomic E-state index is 9.59. The second-order valence-electron chi connectivity index (χ2n) is 6.24. The highest BCUT2D eigenvalue weighted by molar-refractivity contribution is 6.31. The molecule has 0 radical (unpaired) electrons. The van der Waals surface area contributed by atoms with Gasteiger partial charge in [0, 0.05) is 0 Å². The lowest BCUT2D eigenvalue weighted by atomic mass is 9.87. The minimum Gasteiger partial charge on any atom is -0.457 e. The molecule has 0 saturated heterocycles. The van der Waals surface area contributed by atoms with Crippen molar-refractivity contribution in [2.75, 3.05) is 0 Å². The zero-order valence-corrected chi connectivity index (χ0v) is 13.6. The van der Waals surface area contributed by atoms with E-state index in [-0.39, 0.29) is 5.41 Å². The Hall–Kier alpha value is -1.51. The first kappa shape index (κ1) is 15.9. The van der Waals surface area contributed by atoms with Crippen molar-refractivity contribution < 1.29 is 9.84 Å². The zero-order valence-electron chi connectivity index (χ0n) is 12.9. The topological polar surface area (TPSA) is 29.5 Å². The predicted molar refractivity (Wildman–Crippen MR) is 87.3 cm³/mol. The lowest BCUT2D eigenvalue weighted by Gasteiger charge is -2.19. The molecule has 2 nitrogen and oxygen atoms in total. The van der Waals surface area contributed by atoms with Gasteiger partial charge in [0.15, 0.2) is 0 Å². The van der Waals surface area contributed by atoms with Crippen LogP contribution in [-0.4, -0.2) is 5.11 Å². The van der Waals surface area contributed by atoms with E-state index < -0.39 is 6.10 Å². The maximum atomic E-state index is 9.59. The van der Waals surface area contributed by atoms with Crippen LogP contribution in [0.1, 0.15) is 44.9 Å². The summed E-state index contributed by atoms with van der Waals surface area (Å²) >= 11 is 6.15. The van der Waals surface area contributed by atoms with Gasteiger partial charge in [-0.15, -0.1) is 0 Å². The number of aliphatic hydroxyl groups is 1. The Labute approximate surface area is 131 Å². The van der Waals surface area contributed by atoms with E-state index in [0.29, 0.717) is 16.3 Å². The van der Waals surface area contributed by atoms with Gasteiger partial charge >= 0.3 is 0 Å². The number of aliphatic hydroxyl groups excluding tert-OH is 1. The van der Waals surface area contributed by atoms with Gasteiger partial charge in [-0.25, -0.2) is 0 Å². The van der Waals surface area contributed by atoms with Gasteiger partial charge in [0.25, 0.3) is 0 Å². The molecule has 112 valence electrons. The van der Waals surface area contributed by atoms with Crippen molar-refractivity contribution in [2.45, 2.75) is 39.2 Å². The second-order valence-corrected chi connectivity index (χ2v) is 6.65. The zero-order chi connectivity index (χ0) is 15.6. The monoisotopic (exact) mass is 304 g/mol. The van der Waals surface area contributed by atoms with E-state index in [1.807, 2.05) is 24.3 Å². The Balaban J connectivity index is 2.25. The molecule has 2 rings (SSSR count). The van der Waals surface area contributed by atoms with E-state index >= 15 is 0 Å². The summed E-state index contributed by atoms with van der Waals surface area (Å²) in [5.41, 5.74) is 1.99. The maximum Gasteiger partial charge on any atom is 0.128 e. The van der Waals surface area contributed by atoms with Crippen LogP contribution in [0.25, 0.3) is 0 Å². The van der Waals surface area contributed by atoms with E-state index in [2.05, 4.69) is 26.8 Å². The number of hydrogen-bond acceptors (Lipinski definition) is 2. The highest BCUT2D eigenvalue weighted by Gasteiger charge is 2.14. The molecule has 0 aliphatic carbocycles. The number of ether oxygens (including phenoxy) is 1. The van der Waals surface area contributed by atoms with Crippen LogP contribution in [0.4, 0.5) is 0 Å². The van der Waals surface area contributed by atoms with E-state index in [1.165, 1.54) is 5.56 Å². The van der Waals surface area contributed by atoms with Crippen LogP contribution in [0.5, 0.6) is 11.5 Å². The summed E-state index contributed by atoms with van der Waals surface area (Å²) in [6, 6.07) is 13.4. The molecule has 2 aromatic rings. The van der Waals surface area contributed by atoms with E-state index in [0.717, 1.165) is 5.75 Å². The SMILES string of the molecule is CC(O)c1ccc(Oc2cccc(C(C)(C)C)c2)cc1Cl. The molecule has 0 aromatic heterocycles. The van der Waals surface area contributed by atoms with Crippen molar-refractivity contribution in [3.8, 4) is 11.5 Å². The number of halogens is 1. The van der Waals surface area contributed by atoms with Crippen LogP contribution in [0.15, 0.2) is 42.5 Å². The normalized spacial score (nSPS) is 13.0. The minimum absolute atomic E-state index is 0.0766. The lowest BCUT2D eigenvalue weighted by Crippen LogP contribution is -2.10. The molecule has 0 amide bonds. The standard InChI is InChI=1S/C18H21ClO2/c1-12(20)16-9-8-15(11-17(16)19)21-14-7-5-6-13(10-14)18(2,3)4/h5-12,20H,1-4H3. The van der Waals surface area contributed by atoms with Crippen LogP contribution in [0, 0.1) is 0 Å². The molecule has 0 aliphatic rings. The van der Waals surface area contributed by atoms with Crippen molar-refractivity contribution in [1.29, 1.82) is 0 Å². The Kier molecular flexibility index (Phi) is 4.60. The van der Waals surface area contributed by atoms with Crippen molar-refractivity contribution in [3.63, 3.8) is 0 Å². The van der Waals surface area contributed by atoms with Gasteiger partial charge in [-0.3, -0.25) is 0 Å². The van der Waals surface area contributed by atoms with E-state index in [1.54, 1.807) is 19.1 Å². The largest absolute Gasteiger partial charge is 0.457 e. The van der Waals surface area contributed by atoms with Gasteiger partial charge in [-0.05, 0) is 47.7 Å². The first-order valence-electron chi connectivity index (χ1n) is 7.03. The molecular weight excluding hydrogens is 284 g/mol. The summed E-state index contributed by atoms with van der Waals surface area (Å²) in [6.45, 7) is 8.19. The Morgan fingerprint density at radius 2 is 1.71 bits per heavy atom. The highest BCUT2D eigenvalue weighted by atomic mass is 35.5. The molecule has 21 heavy (non-hydrogen) atoms. The lowest BCUT2D eigenvalue weighted by molar-refractivity contribution is 0.199. The molecule has 2 aromatic carbocycles. The second kappa shape index (κ2) is 6.08. The molecule has 0 fully saturated rings. The molecular formula is C18H21ClO2. The number of hydrogen-bond donors (Lipinski definition) is 1. The van der Waals surface area contributed by atoms with Crippen molar-refractivity contribution in [1.82, 2.24) is 0 Å². The summed E-state index contributed by atoms with van der Waals surface area (Å²) in [6.07, 6.45) is -0.587. The van der Waals surface area contributed by atoms with Crippen molar-refractivity contribution in [3.05, 3.63) is 58.6 Å². The molecule has 0 saturated carbocycles. The van der Waals surface area contributed by atoms with Crippen LogP contribution < -0.4 is 4.74 Å². The molecule has 1 N–H and O–H groups in total. The molecule has 0 spiro atoms. The fourth-order valence-corrected chi connectivity index (χ4v) is 2.40. The number of rotatable bonds is 3. The molecule has 1 atom stereocenters. The molecule has 0 aliphatic heterocycles. The molecule has 0 bridgehead atoms. The van der Waals surface area contributed by atoms with Crippen LogP contribution in [-0.2, 0) is 5.41 Å². The molecule has 3 heteroatoms. The third-order valence-electron chi connectivity index (χ3n) is 3.36. The first-order valence-corrected chi connectivity index (χ1v) is 7.41. The van der Waals surface area contributed by atoms with E-state index in [9.17, 15) is 5.11 Å². The number of benzene rings is 2. The first-order chi connectivity index (χ1) is 9.77.